The minimum Gasteiger partial charge on any atom is -0.462 e. The lowest BCUT2D eigenvalue weighted by atomic mass is 10.1. The molecule has 27 heavy (non-hydrogen) atoms. The maximum atomic E-state index is 12.4. The molecule has 2 heterocycles. The Balaban J connectivity index is 2.60. The highest BCUT2D eigenvalue weighted by Crippen LogP contribution is 2.35. The van der Waals surface area contributed by atoms with Crippen LogP contribution in [0, 0.1) is 17.0 Å². The molecule has 0 saturated carbocycles. The number of esters is 2. The van der Waals surface area contributed by atoms with E-state index in [1.807, 2.05) is 0 Å². The highest BCUT2D eigenvalue weighted by atomic mass is 35.5. The van der Waals surface area contributed by atoms with Crippen LogP contribution in [0.25, 0.3) is 0 Å². The number of nitrogens with zero attached hydrogens (tertiary/aromatic N) is 3. The Morgan fingerprint density at radius 3 is 2.37 bits per heavy atom. The summed E-state index contributed by atoms with van der Waals surface area (Å²) < 4.78 is 15.3. The minimum atomic E-state index is -0.872. The van der Waals surface area contributed by atoms with Crippen molar-refractivity contribution in [3.05, 3.63) is 38.5 Å². The van der Waals surface area contributed by atoms with Gasteiger partial charge in [-0.05, 0) is 20.8 Å². The van der Waals surface area contributed by atoms with Crippen molar-refractivity contribution >= 4 is 40.9 Å². The highest BCUT2D eigenvalue weighted by molar-refractivity contribution is 6.31. The van der Waals surface area contributed by atoms with E-state index in [4.69, 9.17) is 25.5 Å². The number of hydrogen-bond donors (Lipinski definition) is 1. The number of aromatic nitrogens is 2. The van der Waals surface area contributed by atoms with Crippen LogP contribution >= 0.6 is 11.6 Å². The standard InChI is InChI=1S/C15H15ClN4O7/c1-4-25-14(21)8-7(3)27-13(9(8)15(22)26-5-2)19-12-10(20(23)24)11(16)17-6-18-12/h6H,4-5H2,1-3H3,(H,17,18,19). The van der Waals surface area contributed by atoms with E-state index in [1.165, 1.54) is 6.92 Å². The smallest absolute Gasteiger partial charge is 0.348 e. The quantitative estimate of drug-likeness (QED) is 0.319. The number of furan rings is 1. The van der Waals surface area contributed by atoms with Crippen LogP contribution in [0.15, 0.2) is 10.7 Å². The van der Waals surface area contributed by atoms with Crippen molar-refractivity contribution in [2.75, 3.05) is 18.5 Å². The van der Waals surface area contributed by atoms with Crippen LogP contribution in [0.2, 0.25) is 5.15 Å². The predicted molar refractivity (Wildman–Crippen MR) is 92.3 cm³/mol. The van der Waals surface area contributed by atoms with E-state index in [1.54, 1.807) is 13.8 Å². The summed E-state index contributed by atoms with van der Waals surface area (Å²) in [6.07, 6.45) is 0.990. The summed E-state index contributed by atoms with van der Waals surface area (Å²) >= 11 is 5.74. The first-order chi connectivity index (χ1) is 12.8. The SMILES string of the molecule is CCOC(=O)c1c(C)oc(Nc2ncnc(Cl)c2[N+](=O)[O-])c1C(=O)OCC. The number of hydrogen-bond acceptors (Lipinski definition) is 10. The van der Waals surface area contributed by atoms with Crippen LogP contribution in [-0.2, 0) is 9.47 Å². The fraction of sp³-hybridized carbons (Fsp3) is 0.333. The third kappa shape index (κ3) is 4.14. The molecule has 2 aromatic rings. The van der Waals surface area contributed by atoms with Crippen molar-refractivity contribution < 1.29 is 28.4 Å². The molecule has 12 heteroatoms. The lowest BCUT2D eigenvalue weighted by Gasteiger charge is -2.07. The lowest BCUT2D eigenvalue weighted by Crippen LogP contribution is -2.14. The molecule has 144 valence electrons. The molecule has 0 unspecified atom stereocenters. The van der Waals surface area contributed by atoms with E-state index >= 15 is 0 Å². The van der Waals surface area contributed by atoms with Crippen LogP contribution in [0.4, 0.5) is 17.4 Å². The van der Waals surface area contributed by atoms with Gasteiger partial charge in [0.1, 0.15) is 23.2 Å². The molecular formula is C15H15ClN4O7. The Morgan fingerprint density at radius 2 is 1.81 bits per heavy atom. The van der Waals surface area contributed by atoms with Gasteiger partial charge >= 0.3 is 17.6 Å². The normalized spacial score (nSPS) is 10.4. The largest absolute Gasteiger partial charge is 0.462 e. The van der Waals surface area contributed by atoms with Crippen LogP contribution in [-0.4, -0.2) is 40.0 Å². The number of nitrogens with one attached hydrogen (secondary N) is 1. The summed E-state index contributed by atoms with van der Waals surface area (Å²) in [4.78, 5) is 42.3. The monoisotopic (exact) mass is 398 g/mol. The zero-order valence-corrected chi connectivity index (χ0v) is 15.3. The highest BCUT2D eigenvalue weighted by Gasteiger charge is 2.32. The van der Waals surface area contributed by atoms with E-state index in [0.717, 1.165) is 6.33 Å². The van der Waals surface area contributed by atoms with Gasteiger partial charge < -0.3 is 19.2 Å². The molecule has 0 saturated heterocycles. The number of nitro groups is 1. The molecule has 0 radical (unpaired) electrons. The zero-order chi connectivity index (χ0) is 20.1. The van der Waals surface area contributed by atoms with E-state index in [9.17, 15) is 19.7 Å². The van der Waals surface area contributed by atoms with Crippen molar-refractivity contribution in [3.8, 4) is 0 Å². The molecule has 11 nitrogen and oxygen atoms in total. The zero-order valence-electron chi connectivity index (χ0n) is 14.6. The van der Waals surface area contributed by atoms with E-state index < -0.39 is 27.7 Å². The predicted octanol–water partition coefficient (Wildman–Crippen LogP) is 3.04. The van der Waals surface area contributed by atoms with E-state index in [-0.39, 0.29) is 41.8 Å². The van der Waals surface area contributed by atoms with Gasteiger partial charge in [0, 0.05) is 0 Å². The Labute approximate surface area is 157 Å². The van der Waals surface area contributed by atoms with Crippen LogP contribution in [0.1, 0.15) is 40.3 Å². The van der Waals surface area contributed by atoms with Gasteiger partial charge in [-0.2, -0.15) is 0 Å². The Kier molecular flexibility index (Phi) is 6.29. The fourth-order valence-electron chi connectivity index (χ4n) is 2.20. The van der Waals surface area contributed by atoms with Gasteiger partial charge in [-0.1, -0.05) is 11.6 Å². The third-order valence-electron chi connectivity index (χ3n) is 3.24. The maximum absolute atomic E-state index is 12.4. The van der Waals surface area contributed by atoms with Crippen molar-refractivity contribution in [2.24, 2.45) is 0 Å². The summed E-state index contributed by atoms with van der Waals surface area (Å²) in [5, 5.41) is 13.3. The van der Waals surface area contributed by atoms with Crippen molar-refractivity contribution in [1.29, 1.82) is 0 Å². The van der Waals surface area contributed by atoms with Gasteiger partial charge in [0.05, 0.1) is 18.1 Å². The molecular weight excluding hydrogens is 384 g/mol. The molecule has 0 aliphatic heterocycles. The Morgan fingerprint density at radius 1 is 1.22 bits per heavy atom. The topological polar surface area (TPSA) is 147 Å². The molecule has 2 aromatic heterocycles. The molecule has 0 amide bonds. The second-order valence-corrected chi connectivity index (χ2v) is 5.28. The molecule has 2 rings (SSSR count). The maximum Gasteiger partial charge on any atom is 0.348 e. The van der Waals surface area contributed by atoms with Crippen molar-refractivity contribution in [1.82, 2.24) is 9.97 Å². The first kappa shape index (κ1) is 20.1. The Bertz CT molecular complexity index is 897. The number of aryl methyl sites for hydroxylation is 1. The number of carbonyl (C=O) groups excluding carboxylic acids is 2. The molecule has 0 aliphatic carbocycles. The van der Waals surface area contributed by atoms with Gasteiger partial charge in [-0.25, -0.2) is 19.6 Å². The van der Waals surface area contributed by atoms with Gasteiger partial charge in [0.15, 0.2) is 0 Å². The molecule has 0 spiro atoms. The average Bonchev–Trinajstić information content (AvgIpc) is 2.91. The van der Waals surface area contributed by atoms with Crippen LogP contribution in [0.5, 0.6) is 0 Å². The molecule has 0 aromatic carbocycles. The van der Waals surface area contributed by atoms with Crippen LogP contribution in [0.3, 0.4) is 0 Å². The Hall–Kier alpha value is -3.21. The molecule has 0 aliphatic rings. The fourth-order valence-corrected chi connectivity index (χ4v) is 2.40. The number of anilines is 2. The first-order valence-corrected chi connectivity index (χ1v) is 8.09. The van der Waals surface area contributed by atoms with E-state index in [2.05, 4.69) is 15.3 Å². The number of rotatable bonds is 7. The van der Waals surface area contributed by atoms with Gasteiger partial charge in [0.25, 0.3) is 0 Å². The average molecular weight is 399 g/mol. The second kappa shape index (κ2) is 8.45. The minimum absolute atomic E-state index is 0.0320. The lowest BCUT2D eigenvalue weighted by molar-refractivity contribution is -0.384. The molecule has 0 fully saturated rings. The molecule has 0 bridgehead atoms. The summed E-state index contributed by atoms with van der Waals surface area (Å²) in [6.45, 7) is 4.72. The van der Waals surface area contributed by atoms with Crippen molar-refractivity contribution in [3.63, 3.8) is 0 Å². The molecule has 0 atom stereocenters. The third-order valence-corrected chi connectivity index (χ3v) is 3.51. The summed E-state index contributed by atoms with van der Waals surface area (Å²) in [5.41, 5.74) is -1.04. The second-order valence-electron chi connectivity index (χ2n) is 4.92. The molecule has 1 N–H and O–H groups in total. The summed E-state index contributed by atoms with van der Waals surface area (Å²) in [7, 11) is 0. The number of carbonyl (C=O) groups is 2. The summed E-state index contributed by atoms with van der Waals surface area (Å²) in [6, 6.07) is 0. The van der Waals surface area contributed by atoms with Gasteiger partial charge in [-0.3, -0.25) is 10.1 Å². The van der Waals surface area contributed by atoms with Gasteiger partial charge in [0.2, 0.25) is 16.9 Å². The van der Waals surface area contributed by atoms with Gasteiger partial charge in [-0.15, -0.1) is 0 Å². The first-order valence-electron chi connectivity index (χ1n) is 7.71. The van der Waals surface area contributed by atoms with Crippen LogP contribution < -0.4 is 5.32 Å². The van der Waals surface area contributed by atoms with Crippen molar-refractivity contribution in [2.45, 2.75) is 20.8 Å². The number of ether oxygens (including phenoxy) is 2. The van der Waals surface area contributed by atoms with E-state index in [0.29, 0.717) is 0 Å². The number of halogens is 1. The summed E-state index contributed by atoms with van der Waals surface area (Å²) in [5.74, 6) is -2.21.